The first-order chi connectivity index (χ1) is 5.72. The minimum atomic E-state index is 0.189. The molecule has 0 atom stereocenters. The Morgan fingerprint density at radius 3 is 2.25 bits per heavy atom. The van der Waals surface area contributed by atoms with Crippen LogP contribution in [0.25, 0.3) is 0 Å². The summed E-state index contributed by atoms with van der Waals surface area (Å²) in [4.78, 5) is 11.5. The SMILES string of the molecule is CCSCc1nc(N)nc(N)n1. The van der Waals surface area contributed by atoms with Gasteiger partial charge in [-0.3, -0.25) is 0 Å². The fraction of sp³-hybridized carbons (Fsp3) is 0.500. The quantitative estimate of drug-likeness (QED) is 0.703. The molecular formula is C6H11N5S. The number of hydrogen-bond acceptors (Lipinski definition) is 6. The number of aromatic nitrogens is 3. The molecule has 12 heavy (non-hydrogen) atoms. The van der Waals surface area contributed by atoms with E-state index in [9.17, 15) is 0 Å². The van der Waals surface area contributed by atoms with Gasteiger partial charge in [-0.2, -0.15) is 26.7 Å². The fourth-order valence-electron chi connectivity index (χ4n) is 0.715. The normalized spacial score (nSPS) is 10.1. The summed E-state index contributed by atoms with van der Waals surface area (Å²) >= 11 is 1.71. The first-order valence-electron chi connectivity index (χ1n) is 3.56. The molecule has 0 spiro atoms. The predicted molar refractivity (Wildman–Crippen MR) is 50.5 cm³/mol. The molecule has 0 aliphatic carbocycles. The van der Waals surface area contributed by atoms with Gasteiger partial charge in [0.15, 0.2) is 0 Å². The van der Waals surface area contributed by atoms with Crippen LogP contribution in [0.3, 0.4) is 0 Å². The van der Waals surface area contributed by atoms with Gasteiger partial charge >= 0.3 is 0 Å². The summed E-state index contributed by atoms with van der Waals surface area (Å²) in [6.07, 6.45) is 0. The lowest BCUT2D eigenvalue weighted by molar-refractivity contribution is 0.988. The van der Waals surface area contributed by atoms with E-state index in [4.69, 9.17) is 11.5 Å². The Kier molecular flexibility index (Phi) is 3.09. The van der Waals surface area contributed by atoms with E-state index in [0.717, 1.165) is 11.5 Å². The Labute approximate surface area is 75.0 Å². The van der Waals surface area contributed by atoms with Crippen LogP contribution < -0.4 is 11.5 Å². The van der Waals surface area contributed by atoms with Crippen LogP contribution in [0.2, 0.25) is 0 Å². The molecule has 4 N–H and O–H groups in total. The highest BCUT2D eigenvalue weighted by Crippen LogP contribution is 2.08. The zero-order valence-corrected chi connectivity index (χ0v) is 7.64. The van der Waals surface area contributed by atoms with Gasteiger partial charge < -0.3 is 11.5 Å². The van der Waals surface area contributed by atoms with Crippen molar-refractivity contribution in [1.82, 2.24) is 15.0 Å². The Morgan fingerprint density at radius 1 is 1.17 bits per heavy atom. The summed E-state index contributed by atoms with van der Waals surface area (Å²) in [5, 5.41) is 0. The average Bonchev–Trinajstić information content (AvgIpc) is 1.99. The van der Waals surface area contributed by atoms with E-state index in [1.807, 2.05) is 0 Å². The van der Waals surface area contributed by atoms with E-state index in [2.05, 4.69) is 21.9 Å². The van der Waals surface area contributed by atoms with Gasteiger partial charge in [0.25, 0.3) is 0 Å². The first kappa shape index (κ1) is 9.05. The van der Waals surface area contributed by atoms with E-state index < -0.39 is 0 Å². The van der Waals surface area contributed by atoms with Gasteiger partial charge in [-0.05, 0) is 5.75 Å². The zero-order chi connectivity index (χ0) is 8.97. The molecule has 1 aromatic rings. The molecule has 0 saturated carbocycles. The summed E-state index contributed by atoms with van der Waals surface area (Å²) < 4.78 is 0. The molecule has 5 nitrogen and oxygen atoms in total. The molecule has 0 bridgehead atoms. The maximum Gasteiger partial charge on any atom is 0.225 e. The smallest absolute Gasteiger partial charge is 0.225 e. The van der Waals surface area contributed by atoms with Crippen molar-refractivity contribution in [3.05, 3.63) is 5.82 Å². The van der Waals surface area contributed by atoms with Gasteiger partial charge in [-0.25, -0.2) is 0 Å². The monoisotopic (exact) mass is 185 g/mol. The van der Waals surface area contributed by atoms with Gasteiger partial charge in [-0.15, -0.1) is 0 Å². The first-order valence-corrected chi connectivity index (χ1v) is 4.71. The number of nitrogen functional groups attached to an aromatic ring is 2. The number of rotatable bonds is 3. The number of nitrogens with two attached hydrogens (primary N) is 2. The van der Waals surface area contributed by atoms with Gasteiger partial charge in [0.05, 0.1) is 5.75 Å². The maximum absolute atomic E-state index is 5.38. The second kappa shape index (κ2) is 4.10. The van der Waals surface area contributed by atoms with Crippen LogP contribution in [0.15, 0.2) is 0 Å². The number of thioether (sulfide) groups is 1. The van der Waals surface area contributed by atoms with Crippen LogP contribution in [0, 0.1) is 0 Å². The van der Waals surface area contributed by atoms with Crippen LogP contribution in [0.5, 0.6) is 0 Å². The Hall–Kier alpha value is -1.04. The lowest BCUT2D eigenvalue weighted by Gasteiger charge is -1.99. The average molecular weight is 185 g/mol. The molecule has 0 aliphatic rings. The van der Waals surface area contributed by atoms with E-state index in [1.54, 1.807) is 11.8 Å². The van der Waals surface area contributed by atoms with Crippen molar-refractivity contribution in [3.63, 3.8) is 0 Å². The summed E-state index contributed by atoms with van der Waals surface area (Å²) in [5.41, 5.74) is 10.8. The molecule has 1 rings (SSSR count). The molecule has 66 valence electrons. The van der Waals surface area contributed by atoms with E-state index >= 15 is 0 Å². The van der Waals surface area contributed by atoms with Crippen molar-refractivity contribution in [1.29, 1.82) is 0 Å². The number of hydrogen-bond donors (Lipinski definition) is 2. The van der Waals surface area contributed by atoms with E-state index in [1.165, 1.54) is 0 Å². The van der Waals surface area contributed by atoms with Gasteiger partial charge in [-0.1, -0.05) is 6.92 Å². The molecule has 1 aromatic heterocycles. The number of anilines is 2. The van der Waals surface area contributed by atoms with Crippen molar-refractivity contribution in [2.75, 3.05) is 17.2 Å². The standard InChI is InChI=1S/C6H11N5S/c1-2-12-3-4-9-5(7)11-6(8)10-4/h2-3H2,1H3,(H4,7,8,9,10,11). The predicted octanol–water partition coefficient (Wildman–Crippen LogP) is 0.289. The van der Waals surface area contributed by atoms with Crippen molar-refractivity contribution < 1.29 is 0 Å². The third-order valence-corrected chi connectivity index (χ3v) is 2.02. The van der Waals surface area contributed by atoms with Crippen LogP contribution in [-0.4, -0.2) is 20.7 Å². The van der Waals surface area contributed by atoms with Gasteiger partial charge in [0.1, 0.15) is 5.82 Å². The van der Waals surface area contributed by atoms with Crippen molar-refractivity contribution in [3.8, 4) is 0 Å². The minimum absolute atomic E-state index is 0.189. The third-order valence-electron chi connectivity index (χ3n) is 1.15. The Bertz CT molecular complexity index is 244. The molecule has 0 aromatic carbocycles. The largest absolute Gasteiger partial charge is 0.368 e. The fourth-order valence-corrected chi connectivity index (χ4v) is 1.23. The number of nitrogens with zero attached hydrogens (tertiary/aromatic N) is 3. The Balaban J connectivity index is 2.72. The minimum Gasteiger partial charge on any atom is -0.368 e. The van der Waals surface area contributed by atoms with Crippen LogP contribution >= 0.6 is 11.8 Å². The lowest BCUT2D eigenvalue weighted by atomic mass is 10.7. The van der Waals surface area contributed by atoms with Crippen molar-refractivity contribution in [2.45, 2.75) is 12.7 Å². The van der Waals surface area contributed by atoms with E-state index in [-0.39, 0.29) is 11.9 Å². The Morgan fingerprint density at radius 2 is 1.75 bits per heavy atom. The zero-order valence-electron chi connectivity index (χ0n) is 6.82. The molecular weight excluding hydrogens is 174 g/mol. The molecule has 0 unspecified atom stereocenters. The molecule has 0 aliphatic heterocycles. The second-order valence-corrected chi connectivity index (χ2v) is 3.38. The highest BCUT2D eigenvalue weighted by molar-refractivity contribution is 7.98. The molecule has 0 fully saturated rings. The molecule has 0 saturated heterocycles. The highest BCUT2D eigenvalue weighted by Gasteiger charge is 2.00. The summed E-state index contributed by atoms with van der Waals surface area (Å²) in [7, 11) is 0. The highest BCUT2D eigenvalue weighted by atomic mass is 32.2. The van der Waals surface area contributed by atoms with Crippen molar-refractivity contribution >= 4 is 23.7 Å². The summed E-state index contributed by atoms with van der Waals surface area (Å²) in [6.45, 7) is 2.07. The van der Waals surface area contributed by atoms with Gasteiger partial charge in [0.2, 0.25) is 11.9 Å². The topological polar surface area (TPSA) is 90.7 Å². The lowest BCUT2D eigenvalue weighted by Crippen LogP contribution is -2.05. The summed E-state index contributed by atoms with van der Waals surface area (Å²) in [6, 6.07) is 0. The third kappa shape index (κ3) is 2.54. The van der Waals surface area contributed by atoms with Crippen molar-refractivity contribution in [2.24, 2.45) is 0 Å². The molecule has 6 heteroatoms. The summed E-state index contributed by atoms with van der Waals surface area (Å²) in [5.74, 6) is 2.77. The van der Waals surface area contributed by atoms with Crippen LogP contribution in [-0.2, 0) is 5.75 Å². The second-order valence-electron chi connectivity index (χ2n) is 2.11. The maximum atomic E-state index is 5.38. The van der Waals surface area contributed by atoms with Gasteiger partial charge in [0, 0.05) is 0 Å². The molecule has 1 heterocycles. The molecule has 0 radical (unpaired) electrons. The van der Waals surface area contributed by atoms with Crippen LogP contribution in [0.4, 0.5) is 11.9 Å². The molecule has 0 amide bonds. The van der Waals surface area contributed by atoms with Crippen LogP contribution in [0.1, 0.15) is 12.7 Å². The van der Waals surface area contributed by atoms with E-state index in [0.29, 0.717) is 5.82 Å².